The second-order valence-electron chi connectivity index (χ2n) is 10.2. The van der Waals surface area contributed by atoms with Crippen LogP contribution in [-0.4, -0.2) is 52.1 Å². The number of hydrogen-bond donors (Lipinski definition) is 2. The maximum atomic E-state index is 13.0. The summed E-state index contributed by atoms with van der Waals surface area (Å²) in [6.07, 6.45) is 3.85. The van der Waals surface area contributed by atoms with E-state index in [9.17, 15) is 4.79 Å². The van der Waals surface area contributed by atoms with E-state index in [4.69, 9.17) is 9.72 Å². The summed E-state index contributed by atoms with van der Waals surface area (Å²) in [6, 6.07) is 12.4. The van der Waals surface area contributed by atoms with Crippen molar-refractivity contribution in [3.05, 3.63) is 71.2 Å². The number of aryl methyl sites for hydroxylation is 1. The lowest BCUT2D eigenvalue weighted by molar-refractivity contribution is 0.0966. The maximum Gasteiger partial charge on any atom is 0.254 e. The molecule has 0 saturated carbocycles. The van der Waals surface area contributed by atoms with Gasteiger partial charge in [-0.25, -0.2) is 9.97 Å². The van der Waals surface area contributed by atoms with E-state index in [-0.39, 0.29) is 5.91 Å². The van der Waals surface area contributed by atoms with Crippen LogP contribution < -0.4 is 10.6 Å². The SMILES string of the molecule is CN1Cc2nc(Nc3ccc(-c4ccnc5c4ccn5C)c4c3C(=O)NC4)ccc2[C@@H]2COC[C@H]2C1. The van der Waals surface area contributed by atoms with Gasteiger partial charge in [-0.3, -0.25) is 4.79 Å². The smallest absolute Gasteiger partial charge is 0.254 e. The quantitative estimate of drug-likeness (QED) is 0.464. The van der Waals surface area contributed by atoms with Gasteiger partial charge in [-0.1, -0.05) is 12.1 Å². The molecule has 3 aromatic heterocycles. The number of aromatic nitrogens is 3. The molecule has 8 nitrogen and oxygen atoms in total. The first-order chi connectivity index (χ1) is 17.6. The third-order valence-electron chi connectivity index (χ3n) is 7.86. The van der Waals surface area contributed by atoms with E-state index >= 15 is 0 Å². The first-order valence-corrected chi connectivity index (χ1v) is 12.4. The number of nitrogens with one attached hydrogen (secondary N) is 2. The van der Waals surface area contributed by atoms with Crippen molar-refractivity contribution in [3.63, 3.8) is 0 Å². The van der Waals surface area contributed by atoms with E-state index in [0.717, 1.165) is 71.2 Å². The van der Waals surface area contributed by atoms with Gasteiger partial charge in [0, 0.05) is 56.3 Å². The third kappa shape index (κ3) is 3.32. The van der Waals surface area contributed by atoms with E-state index in [0.29, 0.717) is 23.9 Å². The molecule has 0 radical (unpaired) electrons. The van der Waals surface area contributed by atoms with Gasteiger partial charge in [0.25, 0.3) is 5.91 Å². The van der Waals surface area contributed by atoms with Gasteiger partial charge < -0.3 is 24.8 Å². The zero-order chi connectivity index (χ0) is 24.4. The van der Waals surface area contributed by atoms with Crippen LogP contribution in [0.1, 0.15) is 33.1 Å². The number of carbonyl (C=O) groups excluding carboxylic acids is 1. The van der Waals surface area contributed by atoms with Crippen LogP contribution in [-0.2, 0) is 24.9 Å². The molecule has 0 aliphatic carbocycles. The summed E-state index contributed by atoms with van der Waals surface area (Å²) >= 11 is 0. The highest BCUT2D eigenvalue weighted by atomic mass is 16.5. The second kappa shape index (κ2) is 8.15. The van der Waals surface area contributed by atoms with Gasteiger partial charge in [-0.05, 0) is 53.6 Å². The Bertz CT molecular complexity index is 1530. The molecule has 2 atom stereocenters. The summed E-state index contributed by atoms with van der Waals surface area (Å²) in [6.45, 7) is 3.90. The number of amides is 1. The van der Waals surface area contributed by atoms with Gasteiger partial charge >= 0.3 is 0 Å². The highest BCUT2D eigenvalue weighted by molar-refractivity contribution is 6.07. The van der Waals surface area contributed by atoms with Crippen LogP contribution in [0.4, 0.5) is 11.5 Å². The Morgan fingerprint density at radius 1 is 1.08 bits per heavy atom. The Balaban J connectivity index is 1.28. The largest absolute Gasteiger partial charge is 0.380 e. The summed E-state index contributed by atoms with van der Waals surface area (Å²) in [5.74, 6) is 1.60. The summed E-state index contributed by atoms with van der Waals surface area (Å²) in [4.78, 5) is 24.8. The molecule has 8 heteroatoms. The highest BCUT2D eigenvalue weighted by Crippen LogP contribution is 2.39. The molecule has 3 aliphatic heterocycles. The van der Waals surface area contributed by atoms with E-state index in [1.54, 1.807) is 0 Å². The van der Waals surface area contributed by atoms with E-state index in [1.165, 1.54) is 5.56 Å². The Morgan fingerprint density at radius 3 is 2.92 bits per heavy atom. The number of carbonyl (C=O) groups is 1. The number of benzene rings is 1. The minimum Gasteiger partial charge on any atom is -0.380 e. The number of fused-ring (bicyclic) bond motifs is 5. The Hall–Kier alpha value is -3.75. The number of pyridine rings is 2. The maximum absolute atomic E-state index is 13.0. The van der Waals surface area contributed by atoms with Crippen LogP contribution in [0.15, 0.2) is 48.8 Å². The van der Waals surface area contributed by atoms with Crippen molar-refractivity contribution in [1.82, 2.24) is 24.8 Å². The molecule has 1 aromatic carbocycles. The van der Waals surface area contributed by atoms with Gasteiger partial charge in [-0.15, -0.1) is 0 Å². The molecule has 1 saturated heterocycles. The zero-order valence-electron chi connectivity index (χ0n) is 20.4. The number of rotatable bonds is 3. The average Bonchev–Trinajstić information content (AvgIpc) is 3.57. The molecular formula is C28H28N6O2. The van der Waals surface area contributed by atoms with Gasteiger partial charge in [0.2, 0.25) is 0 Å². The van der Waals surface area contributed by atoms with E-state index in [2.05, 4.69) is 45.8 Å². The molecule has 0 unspecified atom stereocenters. The molecule has 3 aliphatic rings. The van der Waals surface area contributed by atoms with Gasteiger partial charge in [0.05, 0.1) is 30.2 Å². The lowest BCUT2D eigenvalue weighted by atomic mass is 9.89. The average molecular weight is 481 g/mol. The van der Waals surface area contributed by atoms with Crippen molar-refractivity contribution >= 4 is 28.4 Å². The first-order valence-electron chi connectivity index (χ1n) is 12.4. The van der Waals surface area contributed by atoms with Crippen LogP contribution in [0.2, 0.25) is 0 Å². The lowest BCUT2D eigenvalue weighted by Crippen LogP contribution is -2.25. The van der Waals surface area contributed by atoms with Crippen LogP contribution in [0.25, 0.3) is 22.2 Å². The topological polar surface area (TPSA) is 84.3 Å². The van der Waals surface area contributed by atoms with Crippen molar-refractivity contribution in [1.29, 1.82) is 0 Å². The molecule has 6 heterocycles. The fourth-order valence-electron chi connectivity index (χ4n) is 6.13. The molecule has 4 aromatic rings. The highest BCUT2D eigenvalue weighted by Gasteiger charge is 2.35. The van der Waals surface area contributed by atoms with Crippen LogP contribution in [0.3, 0.4) is 0 Å². The van der Waals surface area contributed by atoms with Crippen molar-refractivity contribution in [2.45, 2.75) is 19.0 Å². The number of ether oxygens (including phenoxy) is 1. The van der Waals surface area contributed by atoms with Crippen molar-refractivity contribution < 1.29 is 9.53 Å². The minimum atomic E-state index is -0.0619. The first kappa shape index (κ1) is 21.5. The van der Waals surface area contributed by atoms with Crippen LogP contribution in [0.5, 0.6) is 0 Å². The second-order valence-corrected chi connectivity index (χ2v) is 10.2. The number of anilines is 2. The van der Waals surface area contributed by atoms with E-state index in [1.807, 2.05) is 42.2 Å². The lowest BCUT2D eigenvalue weighted by Gasteiger charge is -2.18. The Labute approximate surface area is 209 Å². The van der Waals surface area contributed by atoms with Crippen molar-refractivity contribution in [2.24, 2.45) is 13.0 Å². The Kier molecular flexibility index (Phi) is 4.87. The fraction of sp³-hybridized carbons (Fsp3) is 0.321. The molecule has 36 heavy (non-hydrogen) atoms. The van der Waals surface area contributed by atoms with Crippen molar-refractivity contribution in [3.8, 4) is 11.1 Å². The predicted molar refractivity (Wildman–Crippen MR) is 138 cm³/mol. The normalized spacial score (nSPS) is 21.1. The minimum absolute atomic E-state index is 0.0619. The van der Waals surface area contributed by atoms with Crippen molar-refractivity contribution in [2.75, 3.05) is 32.1 Å². The molecule has 1 amide bonds. The van der Waals surface area contributed by atoms with Gasteiger partial charge in [-0.2, -0.15) is 0 Å². The fourth-order valence-corrected chi connectivity index (χ4v) is 6.13. The molecule has 182 valence electrons. The van der Waals surface area contributed by atoms with Gasteiger partial charge in [0.1, 0.15) is 11.5 Å². The number of nitrogens with zero attached hydrogens (tertiary/aromatic N) is 4. The monoisotopic (exact) mass is 480 g/mol. The molecule has 0 spiro atoms. The zero-order valence-corrected chi connectivity index (χ0v) is 20.4. The summed E-state index contributed by atoms with van der Waals surface area (Å²) in [7, 11) is 4.14. The third-order valence-corrected chi connectivity index (χ3v) is 7.86. The molecular weight excluding hydrogens is 452 g/mol. The molecule has 1 fully saturated rings. The number of hydrogen-bond acceptors (Lipinski definition) is 6. The van der Waals surface area contributed by atoms with Crippen LogP contribution in [0, 0.1) is 5.92 Å². The molecule has 7 rings (SSSR count). The summed E-state index contributed by atoms with van der Waals surface area (Å²) in [5.41, 5.74) is 7.90. The summed E-state index contributed by atoms with van der Waals surface area (Å²) in [5, 5.41) is 7.56. The van der Waals surface area contributed by atoms with E-state index < -0.39 is 0 Å². The Morgan fingerprint density at radius 2 is 2.00 bits per heavy atom. The predicted octanol–water partition coefficient (Wildman–Crippen LogP) is 3.80. The standard InChI is InChI=1S/C28H28N6O2/c1-33-12-16-14-36-15-22(16)19-4-6-25(32-24(19)13-33)31-23-5-3-17(21-11-30-28(35)26(21)23)18-7-9-29-27-20(18)8-10-34(27)2/h3-10,16,22H,11-15H2,1-2H3,(H,30,35)(H,31,32)/t16-,22-/m1/s1. The molecule has 2 N–H and O–H groups in total. The van der Waals surface area contributed by atoms with Gasteiger partial charge in [0.15, 0.2) is 0 Å². The van der Waals surface area contributed by atoms with Crippen LogP contribution >= 0.6 is 0 Å². The molecule has 0 bridgehead atoms. The summed E-state index contributed by atoms with van der Waals surface area (Å²) < 4.78 is 7.81.